The number of carbonyl (C=O) groups is 1. The van der Waals surface area contributed by atoms with Gasteiger partial charge in [0, 0.05) is 13.0 Å². The molecule has 1 rings (SSSR count). The van der Waals surface area contributed by atoms with Gasteiger partial charge in [0.25, 0.3) is 0 Å². The molecule has 0 unspecified atom stereocenters. The number of nitrogens with zero attached hydrogens (tertiary/aromatic N) is 2. The molecule has 1 aliphatic carbocycles. The van der Waals surface area contributed by atoms with Crippen LogP contribution in [0.5, 0.6) is 0 Å². The minimum absolute atomic E-state index is 0.126. The second-order valence-corrected chi connectivity index (χ2v) is 2.93. The summed E-state index contributed by atoms with van der Waals surface area (Å²) in [7, 11) is 0. The summed E-state index contributed by atoms with van der Waals surface area (Å²) in [6, 6.07) is 0.192. The van der Waals surface area contributed by atoms with Crippen LogP contribution in [0, 0.1) is 11.5 Å². The number of hydrogen-bond acceptors (Lipinski definition) is 2. The minimum Gasteiger partial charge on any atom is -0.274 e. The second kappa shape index (κ2) is 3.38. The zero-order valence-electron chi connectivity index (χ0n) is 6.71. The summed E-state index contributed by atoms with van der Waals surface area (Å²) in [5.41, 5.74) is 0. The third-order valence-electron chi connectivity index (χ3n) is 2.14. The molecule has 0 atom stereocenters. The Morgan fingerprint density at radius 2 is 2.09 bits per heavy atom. The van der Waals surface area contributed by atoms with Crippen molar-refractivity contribution in [1.29, 1.82) is 5.26 Å². The normalized spacial score (nSPS) is 17.8. The van der Waals surface area contributed by atoms with Crippen molar-refractivity contribution >= 4 is 5.91 Å². The van der Waals surface area contributed by atoms with Crippen molar-refractivity contribution in [3.63, 3.8) is 0 Å². The smallest absolute Gasteiger partial charge is 0.232 e. The molecule has 0 aliphatic heterocycles. The number of carbonyl (C=O) groups excluding carboxylic acids is 1. The van der Waals surface area contributed by atoms with Crippen LogP contribution in [0.1, 0.15) is 32.6 Å². The molecule has 0 bridgehead atoms. The summed E-state index contributed by atoms with van der Waals surface area (Å²) in [6.45, 7) is 1.45. The molecule has 0 N–H and O–H groups in total. The van der Waals surface area contributed by atoms with Crippen molar-refractivity contribution < 1.29 is 4.79 Å². The summed E-state index contributed by atoms with van der Waals surface area (Å²) < 4.78 is 0. The van der Waals surface area contributed by atoms with Gasteiger partial charge in [-0.1, -0.05) is 12.8 Å². The predicted molar refractivity (Wildman–Crippen MR) is 40.4 cm³/mol. The fourth-order valence-electron chi connectivity index (χ4n) is 1.57. The van der Waals surface area contributed by atoms with Crippen LogP contribution in [0.2, 0.25) is 0 Å². The van der Waals surface area contributed by atoms with Crippen molar-refractivity contribution in [2.45, 2.75) is 38.6 Å². The highest BCUT2D eigenvalue weighted by Crippen LogP contribution is 2.22. The molecule has 0 saturated heterocycles. The van der Waals surface area contributed by atoms with E-state index in [2.05, 4.69) is 0 Å². The summed E-state index contributed by atoms with van der Waals surface area (Å²) in [4.78, 5) is 12.2. The molecule has 0 aromatic rings. The Hall–Kier alpha value is -1.04. The fraction of sp³-hybridized carbons (Fsp3) is 0.750. The molecular formula is C8H12N2O. The SMILES string of the molecule is CC(=O)N(C#N)C1CCCC1. The first-order valence-electron chi connectivity index (χ1n) is 3.95. The van der Waals surface area contributed by atoms with Crippen LogP contribution in [-0.4, -0.2) is 16.8 Å². The standard InChI is InChI=1S/C8H12N2O/c1-7(11)10(6-9)8-4-2-3-5-8/h8H,2-5H2,1H3. The van der Waals surface area contributed by atoms with Gasteiger partial charge in [0.2, 0.25) is 5.91 Å². The lowest BCUT2D eigenvalue weighted by Gasteiger charge is -2.18. The molecule has 3 heteroatoms. The Kier molecular flexibility index (Phi) is 2.48. The van der Waals surface area contributed by atoms with E-state index in [-0.39, 0.29) is 11.9 Å². The van der Waals surface area contributed by atoms with Crippen LogP contribution in [0.15, 0.2) is 0 Å². The van der Waals surface area contributed by atoms with Crippen molar-refractivity contribution in [3.8, 4) is 6.19 Å². The van der Waals surface area contributed by atoms with Crippen molar-refractivity contribution in [1.82, 2.24) is 4.90 Å². The zero-order valence-corrected chi connectivity index (χ0v) is 6.71. The van der Waals surface area contributed by atoms with E-state index in [1.165, 1.54) is 11.8 Å². The third-order valence-corrected chi connectivity index (χ3v) is 2.14. The van der Waals surface area contributed by atoms with Crippen molar-refractivity contribution in [3.05, 3.63) is 0 Å². The molecule has 0 aromatic carbocycles. The number of amides is 1. The molecule has 3 nitrogen and oxygen atoms in total. The average Bonchev–Trinajstić information content (AvgIpc) is 2.40. The summed E-state index contributed by atoms with van der Waals surface area (Å²) in [5, 5.41) is 8.61. The van der Waals surface area contributed by atoms with Crippen LogP contribution in [-0.2, 0) is 4.79 Å². The van der Waals surface area contributed by atoms with Crippen LogP contribution >= 0.6 is 0 Å². The lowest BCUT2D eigenvalue weighted by atomic mass is 10.2. The van der Waals surface area contributed by atoms with E-state index in [9.17, 15) is 4.79 Å². The molecule has 60 valence electrons. The van der Waals surface area contributed by atoms with Gasteiger partial charge in [0.1, 0.15) is 0 Å². The number of rotatable bonds is 1. The fourth-order valence-corrected chi connectivity index (χ4v) is 1.57. The third kappa shape index (κ3) is 1.70. The average molecular weight is 152 g/mol. The lowest BCUT2D eigenvalue weighted by Crippen LogP contribution is -2.32. The Morgan fingerprint density at radius 1 is 1.55 bits per heavy atom. The maximum Gasteiger partial charge on any atom is 0.232 e. The van der Waals surface area contributed by atoms with Gasteiger partial charge in [0.15, 0.2) is 6.19 Å². The van der Waals surface area contributed by atoms with E-state index in [0.717, 1.165) is 25.7 Å². The minimum atomic E-state index is -0.126. The van der Waals surface area contributed by atoms with Crippen LogP contribution in [0.3, 0.4) is 0 Å². The second-order valence-electron chi connectivity index (χ2n) is 2.93. The molecular weight excluding hydrogens is 140 g/mol. The summed E-state index contributed by atoms with van der Waals surface area (Å²) in [6.07, 6.45) is 6.21. The van der Waals surface area contributed by atoms with Gasteiger partial charge in [-0.3, -0.25) is 4.79 Å². The summed E-state index contributed by atoms with van der Waals surface area (Å²) in [5.74, 6) is -0.126. The van der Waals surface area contributed by atoms with Crippen molar-refractivity contribution in [2.24, 2.45) is 0 Å². The first kappa shape index (κ1) is 8.06. The summed E-state index contributed by atoms with van der Waals surface area (Å²) >= 11 is 0. The maximum atomic E-state index is 10.9. The molecule has 1 aliphatic rings. The number of nitriles is 1. The molecule has 0 spiro atoms. The van der Waals surface area contributed by atoms with Gasteiger partial charge in [-0.2, -0.15) is 5.26 Å². The lowest BCUT2D eigenvalue weighted by molar-refractivity contribution is -0.127. The van der Waals surface area contributed by atoms with Gasteiger partial charge < -0.3 is 0 Å². The van der Waals surface area contributed by atoms with E-state index < -0.39 is 0 Å². The largest absolute Gasteiger partial charge is 0.274 e. The quantitative estimate of drug-likeness (QED) is 0.419. The Bertz CT molecular complexity index is 189. The topological polar surface area (TPSA) is 44.1 Å². The van der Waals surface area contributed by atoms with E-state index in [1.54, 1.807) is 0 Å². The molecule has 0 radical (unpaired) electrons. The first-order valence-corrected chi connectivity index (χ1v) is 3.95. The molecule has 1 fully saturated rings. The van der Waals surface area contributed by atoms with Gasteiger partial charge >= 0.3 is 0 Å². The van der Waals surface area contributed by atoms with Crippen LogP contribution in [0.25, 0.3) is 0 Å². The Labute approximate surface area is 66.6 Å². The van der Waals surface area contributed by atoms with Crippen LogP contribution < -0.4 is 0 Å². The van der Waals surface area contributed by atoms with Crippen molar-refractivity contribution in [2.75, 3.05) is 0 Å². The molecule has 0 heterocycles. The highest BCUT2D eigenvalue weighted by atomic mass is 16.2. The highest BCUT2D eigenvalue weighted by molar-refractivity contribution is 5.75. The molecule has 1 amide bonds. The zero-order chi connectivity index (χ0) is 8.27. The van der Waals surface area contributed by atoms with E-state index in [0.29, 0.717) is 0 Å². The highest BCUT2D eigenvalue weighted by Gasteiger charge is 2.23. The van der Waals surface area contributed by atoms with Gasteiger partial charge in [-0.25, -0.2) is 4.90 Å². The van der Waals surface area contributed by atoms with Gasteiger partial charge in [0.05, 0.1) is 0 Å². The van der Waals surface area contributed by atoms with E-state index in [4.69, 9.17) is 5.26 Å². The maximum absolute atomic E-state index is 10.9. The predicted octanol–water partition coefficient (Wildman–Crippen LogP) is 1.26. The molecule has 0 aromatic heterocycles. The molecule has 11 heavy (non-hydrogen) atoms. The Morgan fingerprint density at radius 3 is 2.45 bits per heavy atom. The molecule has 1 saturated carbocycles. The number of hydrogen-bond donors (Lipinski definition) is 0. The Balaban J connectivity index is 2.55. The van der Waals surface area contributed by atoms with Gasteiger partial charge in [-0.15, -0.1) is 0 Å². The van der Waals surface area contributed by atoms with E-state index >= 15 is 0 Å². The first-order chi connectivity index (χ1) is 5.25. The van der Waals surface area contributed by atoms with E-state index in [1.807, 2.05) is 6.19 Å². The monoisotopic (exact) mass is 152 g/mol. The van der Waals surface area contributed by atoms with Gasteiger partial charge in [-0.05, 0) is 12.8 Å². The van der Waals surface area contributed by atoms with Crippen LogP contribution in [0.4, 0.5) is 0 Å².